The molecule has 32 heavy (non-hydrogen) atoms. The maximum Gasteiger partial charge on any atom is 0.326 e. The molecule has 3 amide bonds. The van der Waals surface area contributed by atoms with Crippen LogP contribution in [-0.4, -0.2) is 53.3 Å². The number of benzene rings is 1. The predicted octanol–water partition coefficient (Wildman–Crippen LogP) is 4.41. The van der Waals surface area contributed by atoms with E-state index in [4.69, 9.17) is 16.3 Å². The summed E-state index contributed by atoms with van der Waals surface area (Å²) in [7, 11) is 0. The first-order chi connectivity index (χ1) is 15.4. The summed E-state index contributed by atoms with van der Waals surface area (Å²) in [6, 6.07) is 5.61. The van der Waals surface area contributed by atoms with Crippen LogP contribution in [-0.2, 0) is 11.2 Å². The van der Waals surface area contributed by atoms with Crippen molar-refractivity contribution in [3.8, 4) is 0 Å². The number of carbonyl (C=O) groups excluding carboxylic acids is 2. The normalized spacial score (nSPS) is 13.8. The lowest BCUT2D eigenvalue weighted by molar-refractivity contribution is 0.0306. The molecule has 0 aliphatic carbocycles. The van der Waals surface area contributed by atoms with Crippen molar-refractivity contribution in [1.29, 1.82) is 0 Å². The maximum atomic E-state index is 13.0. The number of anilines is 2. The van der Waals surface area contributed by atoms with Gasteiger partial charge in [0.15, 0.2) is 0 Å². The third-order valence-corrected chi connectivity index (χ3v) is 7.37. The highest BCUT2D eigenvalue weighted by Crippen LogP contribution is 2.37. The summed E-state index contributed by atoms with van der Waals surface area (Å²) in [6.45, 7) is 3.74. The summed E-state index contributed by atoms with van der Waals surface area (Å²) in [4.78, 5) is 27.3. The zero-order valence-corrected chi connectivity index (χ0v) is 19.4. The van der Waals surface area contributed by atoms with Gasteiger partial charge in [-0.3, -0.25) is 15.4 Å². The van der Waals surface area contributed by atoms with Gasteiger partial charge >= 0.3 is 6.03 Å². The van der Waals surface area contributed by atoms with Crippen LogP contribution in [0.15, 0.2) is 24.3 Å². The van der Waals surface area contributed by atoms with E-state index in [-0.39, 0.29) is 11.7 Å². The van der Waals surface area contributed by atoms with E-state index in [1.165, 1.54) is 23.5 Å². The Kier molecular flexibility index (Phi) is 6.99. The van der Waals surface area contributed by atoms with E-state index in [1.54, 1.807) is 24.0 Å². The first-order valence-corrected chi connectivity index (χ1v) is 11.7. The lowest BCUT2D eigenvalue weighted by Crippen LogP contribution is -2.40. The van der Waals surface area contributed by atoms with Gasteiger partial charge in [0.1, 0.15) is 20.7 Å². The summed E-state index contributed by atoms with van der Waals surface area (Å²) in [6.07, 6.45) is 0.480. The number of rotatable bonds is 5. The van der Waals surface area contributed by atoms with Crippen LogP contribution in [0.25, 0.3) is 0 Å². The number of halogens is 2. The Morgan fingerprint density at radius 3 is 2.59 bits per heavy atom. The van der Waals surface area contributed by atoms with Crippen LogP contribution < -0.4 is 10.6 Å². The summed E-state index contributed by atoms with van der Waals surface area (Å²) in [5.41, 5.74) is 1.51. The molecule has 8 nitrogen and oxygen atoms in total. The van der Waals surface area contributed by atoms with Gasteiger partial charge in [-0.05, 0) is 24.6 Å². The van der Waals surface area contributed by atoms with E-state index in [2.05, 4.69) is 20.8 Å². The second-order valence-electron chi connectivity index (χ2n) is 6.99. The number of thiophene rings is 1. The van der Waals surface area contributed by atoms with E-state index in [1.807, 2.05) is 0 Å². The molecule has 0 atom stereocenters. The number of carbonyl (C=O) groups is 2. The molecule has 1 aliphatic rings. The Labute approximate surface area is 196 Å². The topological polar surface area (TPSA) is 96.4 Å². The highest BCUT2D eigenvalue weighted by molar-refractivity contribution is 7.19. The van der Waals surface area contributed by atoms with Gasteiger partial charge < -0.3 is 9.64 Å². The molecule has 2 aromatic heterocycles. The van der Waals surface area contributed by atoms with Crippen LogP contribution in [0.2, 0.25) is 5.02 Å². The van der Waals surface area contributed by atoms with Crippen molar-refractivity contribution in [3.63, 3.8) is 0 Å². The molecular formula is C20H19ClFN5O3S2. The van der Waals surface area contributed by atoms with Crippen molar-refractivity contribution in [3.05, 3.63) is 56.1 Å². The van der Waals surface area contributed by atoms with Gasteiger partial charge in [-0.25, -0.2) is 9.18 Å². The number of urea groups is 1. The fourth-order valence-electron chi connectivity index (χ4n) is 3.04. The monoisotopic (exact) mass is 495 g/mol. The fourth-order valence-corrected chi connectivity index (χ4v) is 5.22. The van der Waals surface area contributed by atoms with Crippen LogP contribution in [0, 0.1) is 12.7 Å². The van der Waals surface area contributed by atoms with Crippen molar-refractivity contribution < 1.29 is 18.7 Å². The first kappa shape index (κ1) is 22.6. The molecule has 0 bridgehead atoms. The predicted molar refractivity (Wildman–Crippen MR) is 123 cm³/mol. The minimum atomic E-state index is -0.513. The first-order valence-electron chi connectivity index (χ1n) is 9.71. The Bertz CT molecular complexity index is 1130. The minimum Gasteiger partial charge on any atom is -0.378 e. The molecule has 4 rings (SSSR count). The van der Waals surface area contributed by atoms with Crippen molar-refractivity contribution in [1.82, 2.24) is 15.1 Å². The van der Waals surface area contributed by atoms with Crippen molar-refractivity contribution >= 4 is 56.3 Å². The van der Waals surface area contributed by atoms with Gasteiger partial charge in [-0.15, -0.1) is 21.5 Å². The van der Waals surface area contributed by atoms with Gasteiger partial charge in [-0.1, -0.05) is 35.1 Å². The smallest absolute Gasteiger partial charge is 0.326 e. The minimum absolute atomic E-state index is 0.172. The van der Waals surface area contributed by atoms with E-state index >= 15 is 0 Å². The van der Waals surface area contributed by atoms with Crippen molar-refractivity contribution in [2.75, 3.05) is 36.9 Å². The lowest BCUT2D eigenvalue weighted by Gasteiger charge is -2.26. The summed E-state index contributed by atoms with van der Waals surface area (Å²) >= 11 is 8.74. The van der Waals surface area contributed by atoms with Gasteiger partial charge in [0, 0.05) is 25.1 Å². The molecule has 1 aliphatic heterocycles. The molecule has 12 heteroatoms. The molecule has 2 N–H and O–H groups in total. The van der Waals surface area contributed by atoms with Crippen molar-refractivity contribution in [2.45, 2.75) is 13.3 Å². The maximum absolute atomic E-state index is 13.0. The van der Waals surface area contributed by atoms with E-state index in [0.29, 0.717) is 63.3 Å². The zero-order valence-electron chi connectivity index (χ0n) is 17.0. The molecule has 1 saturated heterocycles. The van der Waals surface area contributed by atoms with Gasteiger partial charge in [0.25, 0.3) is 5.91 Å². The Balaban J connectivity index is 1.38. The molecule has 3 heterocycles. The van der Waals surface area contributed by atoms with E-state index < -0.39 is 6.03 Å². The number of morpholine rings is 1. The van der Waals surface area contributed by atoms with Gasteiger partial charge in [-0.2, -0.15) is 0 Å². The number of nitrogens with one attached hydrogen (secondary N) is 2. The summed E-state index contributed by atoms with van der Waals surface area (Å²) in [5.74, 6) is -0.474. The second kappa shape index (κ2) is 9.90. The number of hydrogen-bond donors (Lipinski definition) is 2. The van der Waals surface area contributed by atoms with Crippen LogP contribution >= 0.6 is 34.3 Å². The van der Waals surface area contributed by atoms with E-state index in [0.717, 1.165) is 16.9 Å². The number of hydrogen-bond acceptors (Lipinski definition) is 7. The Morgan fingerprint density at radius 2 is 1.88 bits per heavy atom. The molecule has 1 aromatic carbocycles. The SMILES string of the molecule is Cc1c(NC(=O)Nc2nnc(Cc3ccc(F)cc3)s2)sc(C(=O)N2CCOCC2)c1Cl. The average molecular weight is 496 g/mol. The Morgan fingerprint density at radius 1 is 1.16 bits per heavy atom. The molecule has 0 saturated carbocycles. The van der Waals surface area contributed by atoms with Crippen molar-refractivity contribution in [2.24, 2.45) is 0 Å². The highest BCUT2D eigenvalue weighted by Gasteiger charge is 2.26. The Hall–Kier alpha value is -2.60. The molecule has 3 aromatic rings. The van der Waals surface area contributed by atoms with Gasteiger partial charge in [0.05, 0.1) is 18.2 Å². The largest absolute Gasteiger partial charge is 0.378 e. The number of amides is 3. The zero-order chi connectivity index (χ0) is 22.7. The van der Waals surface area contributed by atoms with Gasteiger partial charge in [0.2, 0.25) is 5.13 Å². The average Bonchev–Trinajstić information content (AvgIpc) is 3.34. The highest BCUT2D eigenvalue weighted by atomic mass is 35.5. The molecule has 168 valence electrons. The number of aromatic nitrogens is 2. The number of ether oxygens (including phenoxy) is 1. The van der Waals surface area contributed by atoms with Crippen LogP contribution in [0.3, 0.4) is 0 Å². The summed E-state index contributed by atoms with van der Waals surface area (Å²) in [5, 5.41) is 15.2. The van der Waals surface area contributed by atoms with E-state index in [9.17, 15) is 14.0 Å². The standard InChI is InChI=1S/C20H19ClFN5O3S2/c1-11-15(21)16(18(28)27-6-8-30-9-7-27)32-17(11)23-19(29)24-20-26-25-14(31-20)10-12-2-4-13(22)5-3-12/h2-5H,6-10H2,1H3,(H2,23,24,26,29). The number of nitrogens with zero attached hydrogens (tertiary/aromatic N) is 3. The van der Waals surface area contributed by atoms with Crippen LogP contribution in [0.4, 0.5) is 19.3 Å². The summed E-state index contributed by atoms with van der Waals surface area (Å²) < 4.78 is 18.3. The third kappa shape index (κ3) is 5.23. The third-order valence-electron chi connectivity index (χ3n) is 4.75. The molecule has 1 fully saturated rings. The second-order valence-corrected chi connectivity index (χ2v) is 9.45. The molecular weight excluding hydrogens is 477 g/mol. The quantitative estimate of drug-likeness (QED) is 0.546. The molecule has 0 unspecified atom stereocenters. The fraction of sp³-hybridized carbons (Fsp3) is 0.300. The molecule has 0 radical (unpaired) electrons. The van der Waals surface area contributed by atoms with Crippen LogP contribution in [0.5, 0.6) is 0 Å². The lowest BCUT2D eigenvalue weighted by atomic mass is 10.2. The molecule has 0 spiro atoms. The van der Waals surface area contributed by atoms with Crippen LogP contribution in [0.1, 0.15) is 25.8 Å².